The first-order chi connectivity index (χ1) is 15.3. The lowest BCUT2D eigenvalue weighted by Crippen LogP contribution is -2.40. The third-order valence-corrected chi connectivity index (χ3v) is 5.48. The van der Waals surface area contributed by atoms with E-state index in [4.69, 9.17) is 20.0 Å². The van der Waals surface area contributed by atoms with Crippen LogP contribution in [0.3, 0.4) is 0 Å². The number of nitrogens with one attached hydrogen (secondary N) is 1. The van der Waals surface area contributed by atoms with Gasteiger partial charge in [-0.2, -0.15) is 10.5 Å². The Balaban J connectivity index is 1.26. The summed E-state index contributed by atoms with van der Waals surface area (Å²) >= 11 is 0. The van der Waals surface area contributed by atoms with Gasteiger partial charge in [0.25, 0.3) is 0 Å². The van der Waals surface area contributed by atoms with Crippen molar-refractivity contribution in [3.05, 3.63) is 59.7 Å². The Morgan fingerprint density at radius 1 is 0.871 bits per heavy atom. The van der Waals surface area contributed by atoms with Crippen LogP contribution in [0.15, 0.2) is 48.5 Å². The summed E-state index contributed by atoms with van der Waals surface area (Å²) in [7, 11) is 0. The van der Waals surface area contributed by atoms with Gasteiger partial charge in [-0.05, 0) is 86.6 Å². The second kappa shape index (κ2) is 12.6. The van der Waals surface area contributed by atoms with Crippen molar-refractivity contribution in [2.75, 3.05) is 32.8 Å². The molecule has 1 heterocycles. The normalized spacial score (nSPS) is 16.6. The van der Waals surface area contributed by atoms with E-state index in [1.807, 2.05) is 24.3 Å². The molecule has 0 amide bonds. The standard InChI is InChI=1S/C25H30N4O2/c26-18-21-6-10-24(11-7-21)30-16-2-5-23-4-1-14-29(28-20-23)15-3-17-31-25-12-8-22(19-27)9-13-25/h6-13,23,28H,1-5,14-17,20H2. The zero-order valence-corrected chi connectivity index (χ0v) is 17.9. The molecule has 0 aromatic heterocycles. The average Bonchev–Trinajstić information content (AvgIpc) is 3.05. The van der Waals surface area contributed by atoms with E-state index in [2.05, 4.69) is 22.6 Å². The molecule has 3 rings (SSSR count). The lowest BCUT2D eigenvalue weighted by atomic mass is 9.98. The van der Waals surface area contributed by atoms with E-state index in [1.165, 1.54) is 12.8 Å². The summed E-state index contributed by atoms with van der Waals surface area (Å²) in [6.07, 6.45) is 5.58. The van der Waals surface area contributed by atoms with Gasteiger partial charge in [0.05, 0.1) is 36.5 Å². The Bertz CT molecular complexity index is 795. The highest BCUT2D eigenvalue weighted by Crippen LogP contribution is 2.18. The van der Waals surface area contributed by atoms with Crippen molar-refractivity contribution < 1.29 is 9.47 Å². The van der Waals surface area contributed by atoms with Gasteiger partial charge in [-0.3, -0.25) is 5.43 Å². The maximum absolute atomic E-state index is 8.84. The summed E-state index contributed by atoms with van der Waals surface area (Å²) in [5.41, 5.74) is 4.89. The van der Waals surface area contributed by atoms with Gasteiger partial charge in [-0.1, -0.05) is 0 Å². The molecule has 0 spiro atoms. The van der Waals surface area contributed by atoms with E-state index in [-0.39, 0.29) is 0 Å². The van der Waals surface area contributed by atoms with Crippen LogP contribution in [0.1, 0.15) is 43.2 Å². The monoisotopic (exact) mass is 418 g/mol. The molecule has 6 heteroatoms. The molecule has 0 saturated carbocycles. The molecule has 1 atom stereocenters. The molecule has 0 bridgehead atoms. The number of nitriles is 2. The van der Waals surface area contributed by atoms with Gasteiger partial charge in [0.1, 0.15) is 11.5 Å². The van der Waals surface area contributed by atoms with E-state index in [9.17, 15) is 0 Å². The van der Waals surface area contributed by atoms with Crippen LogP contribution in [0.4, 0.5) is 0 Å². The van der Waals surface area contributed by atoms with Crippen molar-refractivity contribution in [2.45, 2.75) is 32.1 Å². The van der Waals surface area contributed by atoms with Crippen LogP contribution >= 0.6 is 0 Å². The van der Waals surface area contributed by atoms with Crippen LogP contribution in [0.25, 0.3) is 0 Å². The van der Waals surface area contributed by atoms with Crippen molar-refractivity contribution in [2.24, 2.45) is 5.92 Å². The maximum Gasteiger partial charge on any atom is 0.119 e. The van der Waals surface area contributed by atoms with Gasteiger partial charge in [-0.15, -0.1) is 0 Å². The Labute approximate surface area is 185 Å². The number of ether oxygens (including phenoxy) is 2. The molecule has 1 aliphatic rings. The second-order valence-corrected chi connectivity index (χ2v) is 7.82. The van der Waals surface area contributed by atoms with Crippen molar-refractivity contribution in [3.8, 4) is 23.6 Å². The summed E-state index contributed by atoms with van der Waals surface area (Å²) < 4.78 is 11.6. The second-order valence-electron chi connectivity index (χ2n) is 7.82. The van der Waals surface area contributed by atoms with E-state index in [0.717, 1.165) is 50.4 Å². The predicted octanol–water partition coefficient (Wildman–Crippen LogP) is 4.27. The first kappa shape index (κ1) is 22.6. The molecular formula is C25H30N4O2. The summed E-state index contributed by atoms with van der Waals surface area (Å²) in [6, 6.07) is 18.8. The maximum atomic E-state index is 8.84. The Morgan fingerprint density at radius 3 is 2.03 bits per heavy atom. The lowest BCUT2D eigenvalue weighted by molar-refractivity contribution is 0.175. The molecule has 1 aliphatic heterocycles. The van der Waals surface area contributed by atoms with E-state index < -0.39 is 0 Å². The van der Waals surface area contributed by atoms with Crippen molar-refractivity contribution in [1.29, 1.82) is 10.5 Å². The van der Waals surface area contributed by atoms with Gasteiger partial charge in [0.2, 0.25) is 0 Å². The minimum Gasteiger partial charge on any atom is -0.494 e. The molecule has 1 fully saturated rings. The first-order valence-electron chi connectivity index (χ1n) is 11.0. The van der Waals surface area contributed by atoms with Gasteiger partial charge in [0.15, 0.2) is 0 Å². The van der Waals surface area contributed by atoms with Gasteiger partial charge in [-0.25, -0.2) is 5.01 Å². The lowest BCUT2D eigenvalue weighted by Gasteiger charge is -2.21. The predicted molar refractivity (Wildman–Crippen MR) is 119 cm³/mol. The molecule has 0 aliphatic carbocycles. The number of rotatable bonds is 10. The number of hydrogen-bond acceptors (Lipinski definition) is 6. The molecule has 1 N–H and O–H groups in total. The molecular weight excluding hydrogens is 388 g/mol. The quantitative estimate of drug-likeness (QED) is 0.580. The fraction of sp³-hybridized carbons (Fsp3) is 0.440. The number of hydrogen-bond donors (Lipinski definition) is 1. The highest BCUT2D eigenvalue weighted by Gasteiger charge is 2.16. The minimum atomic E-state index is 0.650. The molecule has 2 aromatic carbocycles. The van der Waals surface area contributed by atoms with E-state index in [1.54, 1.807) is 24.3 Å². The summed E-state index contributed by atoms with van der Waals surface area (Å²) in [4.78, 5) is 0. The van der Waals surface area contributed by atoms with E-state index in [0.29, 0.717) is 30.3 Å². The van der Waals surface area contributed by atoms with Crippen LogP contribution < -0.4 is 14.9 Å². The van der Waals surface area contributed by atoms with Crippen LogP contribution in [-0.2, 0) is 0 Å². The third-order valence-electron chi connectivity index (χ3n) is 5.48. The average molecular weight is 419 g/mol. The minimum absolute atomic E-state index is 0.650. The highest BCUT2D eigenvalue weighted by atomic mass is 16.5. The molecule has 31 heavy (non-hydrogen) atoms. The first-order valence-corrected chi connectivity index (χ1v) is 11.0. The molecule has 162 valence electrons. The fourth-order valence-corrected chi connectivity index (χ4v) is 3.71. The summed E-state index contributed by atoms with van der Waals surface area (Å²) in [5, 5.41) is 20.0. The summed E-state index contributed by atoms with van der Waals surface area (Å²) in [5.74, 6) is 2.31. The van der Waals surface area contributed by atoms with Crippen molar-refractivity contribution >= 4 is 0 Å². The number of nitrogens with zero attached hydrogens (tertiary/aromatic N) is 3. The van der Waals surface area contributed by atoms with Crippen molar-refractivity contribution in [3.63, 3.8) is 0 Å². The SMILES string of the molecule is N#Cc1ccc(OCCCC2CCCN(CCCOc3ccc(C#N)cc3)NC2)cc1. The fourth-order valence-electron chi connectivity index (χ4n) is 3.71. The zero-order valence-electron chi connectivity index (χ0n) is 17.9. The van der Waals surface area contributed by atoms with Crippen LogP contribution in [0.5, 0.6) is 11.5 Å². The molecule has 1 unspecified atom stereocenters. The Hall–Kier alpha value is -3.06. The number of benzene rings is 2. The number of hydrazine groups is 1. The largest absolute Gasteiger partial charge is 0.494 e. The molecule has 2 aromatic rings. The van der Waals surface area contributed by atoms with Crippen LogP contribution in [0.2, 0.25) is 0 Å². The smallest absolute Gasteiger partial charge is 0.119 e. The Kier molecular flexibility index (Phi) is 9.19. The highest BCUT2D eigenvalue weighted by molar-refractivity contribution is 5.35. The van der Waals surface area contributed by atoms with E-state index >= 15 is 0 Å². The molecule has 1 saturated heterocycles. The van der Waals surface area contributed by atoms with Crippen LogP contribution in [-0.4, -0.2) is 37.9 Å². The molecule has 0 radical (unpaired) electrons. The molecule has 6 nitrogen and oxygen atoms in total. The summed E-state index contributed by atoms with van der Waals surface area (Å²) in [6.45, 7) is 4.41. The third kappa shape index (κ3) is 7.94. The Morgan fingerprint density at radius 2 is 1.45 bits per heavy atom. The van der Waals surface area contributed by atoms with Gasteiger partial charge >= 0.3 is 0 Å². The van der Waals surface area contributed by atoms with Crippen molar-refractivity contribution in [1.82, 2.24) is 10.4 Å². The van der Waals surface area contributed by atoms with Gasteiger partial charge < -0.3 is 9.47 Å². The topological polar surface area (TPSA) is 81.3 Å². The van der Waals surface area contributed by atoms with Crippen LogP contribution in [0, 0.1) is 28.6 Å². The zero-order chi connectivity index (χ0) is 21.7. The van der Waals surface area contributed by atoms with Gasteiger partial charge in [0, 0.05) is 19.6 Å².